The molecule has 1 unspecified atom stereocenters. The van der Waals surface area contributed by atoms with Crippen LogP contribution in [0.15, 0.2) is 41.1 Å². The van der Waals surface area contributed by atoms with E-state index in [0.717, 1.165) is 13.0 Å². The zero-order chi connectivity index (χ0) is 13.5. The number of nitrogens with one attached hydrogen (secondary N) is 1. The van der Waals surface area contributed by atoms with E-state index in [1.54, 1.807) is 11.3 Å². The van der Waals surface area contributed by atoms with Crippen LogP contribution in [-0.2, 0) is 12.8 Å². The molecule has 2 rings (SSSR count). The molecule has 1 heterocycles. The van der Waals surface area contributed by atoms with Crippen LogP contribution in [0.4, 0.5) is 0 Å². The molecule has 102 valence electrons. The second-order valence-corrected chi connectivity index (χ2v) is 5.83. The fourth-order valence-electron chi connectivity index (χ4n) is 2.25. The van der Waals surface area contributed by atoms with E-state index in [2.05, 4.69) is 60.3 Å². The molecule has 0 saturated heterocycles. The summed E-state index contributed by atoms with van der Waals surface area (Å²) in [6.45, 7) is 5.50. The summed E-state index contributed by atoms with van der Waals surface area (Å²) in [7, 11) is 0. The van der Waals surface area contributed by atoms with Crippen molar-refractivity contribution in [1.82, 2.24) is 5.32 Å². The maximum Gasteiger partial charge on any atom is 0.0291 e. The van der Waals surface area contributed by atoms with Gasteiger partial charge in [0.05, 0.1) is 0 Å². The van der Waals surface area contributed by atoms with E-state index >= 15 is 0 Å². The summed E-state index contributed by atoms with van der Waals surface area (Å²) < 4.78 is 0. The van der Waals surface area contributed by atoms with Crippen LogP contribution >= 0.6 is 11.3 Å². The summed E-state index contributed by atoms with van der Waals surface area (Å²) in [5.41, 5.74) is 4.25. The van der Waals surface area contributed by atoms with Crippen molar-refractivity contribution >= 4 is 11.3 Å². The molecule has 0 fully saturated rings. The Bertz CT molecular complexity index is 459. The Morgan fingerprint density at radius 3 is 2.47 bits per heavy atom. The molecule has 0 aliphatic carbocycles. The van der Waals surface area contributed by atoms with E-state index in [-0.39, 0.29) is 0 Å². The molecule has 0 radical (unpaired) electrons. The Hall–Kier alpha value is -1.12. The number of thiophene rings is 1. The Morgan fingerprint density at radius 1 is 1.05 bits per heavy atom. The van der Waals surface area contributed by atoms with Gasteiger partial charge in [0.15, 0.2) is 0 Å². The third-order valence-corrected chi connectivity index (χ3v) is 4.19. The minimum Gasteiger partial charge on any atom is -0.310 e. The monoisotopic (exact) mass is 273 g/mol. The summed E-state index contributed by atoms with van der Waals surface area (Å²) in [6.07, 6.45) is 3.51. The molecule has 0 spiro atoms. The zero-order valence-corrected chi connectivity index (χ0v) is 12.7. The Balaban J connectivity index is 1.80. The van der Waals surface area contributed by atoms with Gasteiger partial charge < -0.3 is 5.32 Å². The van der Waals surface area contributed by atoms with Crippen LogP contribution < -0.4 is 5.32 Å². The molecule has 0 aliphatic rings. The van der Waals surface area contributed by atoms with Crippen molar-refractivity contribution in [2.45, 2.75) is 39.2 Å². The Morgan fingerprint density at radius 2 is 1.84 bits per heavy atom. The molecule has 0 amide bonds. The van der Waals surface area contributed by atoms with Gasteiger partial charge in [-0.05, 0) is 59.8 Å². The highest BCUT2D eigenvalue weighted by molar-refractivity contribution is 7.07. The summed E-state index contributed by atoms with van der Waals surface area (Å²) in [5.74, 6) is 0. The number of hydrogen-bond donors (Lipinski definition) is 1. The first-order chi connectivity index (χ1) is 9.29. The van der Waals surface area contributed by atoms with E-state index in [9.17, 15) is 0 Å². The molecular weight excluding hydrogens is 250 g/mol. The van der Waals surface area contributed by atoms with Crippen LogP contribution in [0.1, 0.15) is 43.0 Å². The number of benzene rings is 1. The fourth-order valence-corrected chi connectivity index (χ4v) is 2.95. The fraction of sp³-hybridized carbons (Fsp3) is 0.412. The Kier molecular flexibility index (Phi) is 5.62. The van der Waals surface area contributed by atoms with Crippen LogP contribution in [0.25, 0.3) is 0 Å². The topological polar surface area (TPSA) is 12.0 Å². The molecule has 19 heavy (non-hydrogen) atoms. The quantitative estimate of drug-likeness (QED) is 0.777. The SMILES string of the molecule is CCCc1ccc(C(C)NCCc2ccsc2)cc1. The second-order valence-electron chi connectivity index (χ2n) is 5.05. The van der Waals surface area contributed by atoms with Crippen LogP contribution in [0.3, 0.4) is 0 Å². The van der Waals surface area contributed by atoms with Crippen molar-refractivity contribution < 1.29 is 0 Å². The van der Waals surface area contributed by atoms with Crippen molar-refractivity contribution in [3.05, 3.63) is 57.8 Å². The molecular formula is C17H23NS. The van der Waals surface area contributed by atoms with Crippen LogP contribution in [0, 0.1) is 0 Å². The van der Waals surface area contributed by atoms with E-state index in [0.29, 0.717) is 6.04 Å². The molecule has 1 atom stereocenters. The standard InChI is InChI=1S/C17H23NS/c1-3-4-15-5-7-17(8-6-15)14(2)18-11-9-16-10-12-19-13-16/h5-8,10,12-14,18H,3-4,9,11H2,1-2H3. The first kappa shape index (κ1) is 14.3. The predicted octanol–water partition coefficient (Wildman–Crippen LogP) is 4.59. The molecule has 0 saturated carbocycles. The van der Waals surface area contributed by atoms with Crippen molar-refractivity contribution in [1.29, 1.82) is 0 Å². The summed E-state index contributed by atoms with van der Waals surface area (Å²) in [6, 6.07) is 11.7. The Labute approximate surface area is 120 Å². The van der Waals surface area contributed by atoms with Gasteiger partial charge in [0, 0.05) is 6.04 Å². The normalized spacial score (nSPS) is 12.5. The molecule has 1 nitrogen and oxygen atoms in total. The van der Waals surface area contributed by atoms with Crippen molar-refractivity contribution in [2.24, 2.45) is 0 Å². The van der Waals surface area contributed by atoms with Gasteiger partial charge in [0.2, 0.25) is 0 Å². The van der Waals surface area contributed by atoms with Crippen LogP contribution in [0.2, 0.25) is 0 Å². The highest BCUT2D eigenvalue weighted by Crippen LogP contribution is 2.14. The second kappa shape index (κ2) is 7.46. The zero-order valence-electron chi connectivity index (χ0n) is 11.9. The molecule has 1 aromatic heterocycles. The molecule has 2 aromatic rings. The van der Waals surface area contributed by atoms with Gasteiger partial charge in [-0.1, -0.05) is 37.6 Å². The molecule has 1 aromatic carbocycles. The molecule has 2 heteroatoms. The number of hydrogen-bond acceptors (Lipinski definition) is 2. The summed E-state index contributed by atoms with van der Waals surface area (Å²) >= 11 is 1.77. The number of aryl methyl sites for hydroxylation is 1. The van der Waals surface area contributed by atoms with Gasteiger partial charge in [-0.3, -0.25) is 0 Å². The van der Waals surface area contributed by atoms with Gasteiger partial charge in [-0.25, -0.2) is 0 Å². The van der Waals surface area contributed by atoms with Gasteiger partial charge in [-0.15, -0.1) is 0 Å². The van der Waals surface area contributed by atoms with Crippen molar-refractivity contribution in [3.63, 3.8) is 0 Å². The maximum absolute atomic E-state index is 3.59. The smallest absolute Gasteiger partial charge is 0.0291 e. The lowest BCUT2D eigenvalue weighted by Crippen LogP contribution is -2.21. The average molecular weight is 273 g/mol. The number of rotatable bonds is 7. The van der Waals surface area contributed by atoms with Gasteiger partial charge in [0.1, 0.15) is 0 Å². The van der Waals surface area contributed by atoms with Crippen molar-refractivity contribution in [3.8, 4) is 0 Å². The molecule has 0 bridgehead atoms. The van der Waals surface area contributed by atoms with E-state index in [4.69, 9.17) is 0 Å². The summed E-state index contributed by atoms with van der Waals surface area (Å²) in [4.78, 5) is 0. The van der Waals surface area contributed by atoms with Crippen LogP contribution in [-0.4, -0.2) is 6.54 Å². The van der Waals surface area contributed by atoms with E-state index in [1.165, 1.54) is 29.5 Å². The summed E-state index contributed by atoms with van der Waals surface area (Å²) in [5, 5.41) is 7.97. The molecule has 1 N–H and O–H groups in total. The van der Waals surface area contributed by atoms with Gasteiger partial charge >= 0.3 is 0 Å². The highest BCUT2D eigenvalue weighted by atomic mass is 32.1. The minimum absolute atomic E-state index is 0.425. The molecule has 0 aliphatic heterocycles. The lowest BCUT2D eigenvalue weighted by atomic mass is 10.0. The van der Waals surface area contributed by atoms with Gasteiger partial charge in [-0.2, -0.15) is 11.3 Å². The van der Waals surface area contributed by atoms with Crippen LogP contribution in [0.5, 0.6) is 0 Å². The largest absolute Gasteiger partial charge is 0.310 e. The lowest BCUT2D eigenvalue weighted by Gasteiger charge is -2.14. The lowest BCUT2D eigenvalue weighted by molar-refractivity contribution is 0.577. The predicted molar refractivity (Wildman–Crippen MR) is 84.9 cm³/mol. The van der Waals surface area contributed by atoms with Gasteiger partial charge in [0.25, 0.3) is 0 Å². The highest BCUT2D eigenvalue weighted by Gasteiger charge is 2.04. The van der Waals surface area contributed by atoms with Crippen molar-refractivity contribution in [2.75, 3.05) is 6.54 Å². The third kappa shape index (κ3) is 4.48. The van der Waals surface area contributed by atoms with E-state index in [1.807, 2.05) is 0 Å². The average Bonchev–Trinajstić information content (AvgIpc) is 2.93. The first-order valence-electron chi connectivity index (χ1n) is 7.13. The maximum atomic E-state index is 3.59. The first-order valence-corrected chi connectivity index (χ1v) is 8.07. The minimum atomic E-state index is 0.425. The van der Waals surface area contributed by atoms with E-state index < -0.39 is 0 Å². The third-order valence-electron chi connectivity index (χ3n) is 3.46.